The van der Waals surface area contributed by atoms with Crippen molar-refractivity contribution in [1.29, 1.82) is 0 Å². The van der Waals surface area contributed by atoms with E-state index < -0.39 is 0 Å². The van der Waals surface area contributed by atoms with Gasteiger partial charge < -0.3 is 5.32 Å². The quantitative estimate of drug-likeness (QED) is 0.884. The molecule has 20 heavy (non-hydrogen) atoms. The van der Waals surface area contributed by atoms with Crippen LogP contribution < -0.4 is 5.32 Å². The number of likely N-dealkylation sites (tertiary alicyclic amines) is 1. The molecule has 1 unspecified atom stereocenters. The summed E-state index contributed by atoms with van der Waals surface area (Å²) in [5.41, 5.74) is 4.31. The summed E-state index contributed by atoms with van der Waals surface area (Å²) in [5, 5.41) is 3.58. The molecule has 2 heteroatoms. The van der Waals surface area contributed by atoms with Gasteiger partial charge in [0.2, 0.25) is 0 Å². The van der Waals surface area contributed by atoms with E-state index in [4.69, 9.17) is 0 Å². The van der Waals surface area contributed by atoms with Gasteiger partial charge in [-0.1, -0.05) is 30.7 Å². The highest BCUT2D eigenvalue weighted by molar-refractivity contribution is 5.30. The highest BCUT2D eigenvalue weighted by atomic mass is 15.1. The van der Waals surface area contributed by atoms with Crippen LogP contribution in [0.25, 0.3) is 0 Å². The Labute approximate surface area is 124 Å². The number of piperidine rings is 1. The van der Waals surface area contributed by atoms with Crippen molar-refractivity contribution in [3.63, 3.8) is 0 Å². The van der Waals surface area contributed by atoms with Crippen molar-refractivity contribution >= 4 is 0 Å². The molecule has 0 radical (unpaired) electrons. The monoisotopic (exact) mass is 274 g/mol. The van der Waals surface area contributed by atoms with Gasteiger partial charge in [0.1, 0.15) is 0 Å². The molecule has 0 amide bonds. The van der Waals surface area contributed by atoms with E-state index in [-0.39, 0.29) is 0 Å². The van der Waals surface area contributed by atoms with Crippen LogP contribution in [-0.4, -0.2) is 30.6 Å². The number of nitrogens with zero attached hydrogens (tertiary/aromatic N) is 1. The summed E-state index contributed by atoms with van der Waals surface area (Å²) in [6, 6.07) is 7.49. The Bertz CT molecular complexity index is 419. The molecule has 2 rings (SSSR count). The molecule has 1 heterocycles. The normalized spacial score (nSPS) is 19.2. The van der Waals surface area contributed by atoms with Crippen LogP contribution in [0.5, 0.6) is 0 Å². The molecular weight excluding hydrogens is 244 g/mol. The number of benzene rings is 1. The first kappa shape index (κ1) is 15.5. The first-order valence-electron chi connectivity index (χ1n) is 8.12. The smallest absolute Gasteiger partial charge is 0.0236 e. The minimum Gasteiger partial charge on any atom is -0.314 e. The van der Waals surface area contributed by atoms with Crippen LogP contribution in [0.2, 0.25) is 0 Å². The molecule has 1 aromatic carbocycles. The number of aryl methyl sites for hydroxylation is 2. The molecule has 0 spiro atoms. The minimum atomic E-state index is 0.669. The summed E-state index contributed by atoms with van der Waals surface area (Å²) in [6.45, 7) is 13.7. The molecular formula is C18H30N2. The maximum atomic E-state index is 3.58. The van der Waals surface area contributed by atoms with Crippen molar-refractivity contribution in [2.45, 2.75) is 53.1 Å². The van der Waals surface area contributed by atoms with Gasteiger partial charge >= 0.3 is 0 Å². The van der Waals surface area contributed by atoms with Crippen LogP contribution in [-0.2, 0) is 6.54 Å². The van der Waals surface area contributed by atoms with E-state index in [9.17, 15) is 0 Å². The molecule has 1 fully saturated rings. The fourth-order valence-corrected chi connectivity index (χ4v) is 3.31. The third-order valence-corrected chi connectivity index (χ3v) is 4.76. The van der Waals surface area contributed by atoms with Crippen LogP contribution in [0.15, 0.2) is 18.2 Å². The van der Waals surface area contributed by atoms with Crippen LogP contribution >= 0.6 is 0 Å². The van der Waals surface area contributed by atoms with Crippen LogP contribution in [0.3, 0.4) is 0 Å². The molecule has 1 aliphatic rings. The lowest BCUT2D eigenvalue weighted by Gasteiger charge is -2.35. The molecule has 1 saturated heterocycles. The van der Waals surface area contributed by atoms with Gasteiger partial charge in [-0.3, -0.25) is 4.90 Å². The molecule has 1 N–H and O–H groups in total. The predicted octanol–water partition coefficient (Wildman–Crippen LogP) is 3.51. The molecule has 112 valence electrons. The average Bonchev–Trinajstić information content (AvgIpc) is 2.44. The summed E-state index contributed by atoms with van der Waals surface area (Å²) >= 11 is 0. The zero-order chi connectivity index (χ0) is 14.5. The van der Waals surface area contributed by atoms with Crippen molar-refractivity contribution in [1.82, 2.24) is 10.2 Å². The zero-order valence-electron chi connectivity index (χ0n) is 13.6. The third-order valence-electron chi connectivity index (χ3n) is 4.76. The first-order valence-corrected chi connectivity index (χ1v) is 8.12. The van der Waals surface area contributed by atoms with E-state index in [0.717, 1.165) is 19.0 Å². The van der Waals surface area contributed by atoms with E-state index in [1.165, 1.54) is 42.6 Å². The summed E-state index contributed by atoms with van der Waals surface area (Å²) in [7, 11) is 0. The Balaban J connectivity index is 1.86. The highest BCUT2D eigenvalue weighted by Gasteiger charge is 2.23. The fraction of sp³-hybridized carbons (Fsp3) is 0.667. The second-order valence-electron chi connectivity index (χ2n) is 6.39. The Morgan fingerprint density at radius 1 is 1.25 bits per heavy atom. The van der Waals surface area contributed by atoms with Gasteiger partial charge in [-0.25, -0.2) is 0 Å². The van der Waals surface area contributed by atoms with Gasteiger partial charge in [-0.2, -0.15) is 0 Å². The predicted molar refractivity (Wildman–Crippen MR) is 87.1 cm³/mol. The fourth-order valence-electron chi connectivity index (χ4n) is 3.31. The Morgan fingerprint density at radius 2 is 1.95 bits per heavy atom. The first-order chi connectivity index (χ1) is 9.60. The number of nitrogens with one attached hydrogen (secondary N) is 1. The summed E-state index contributed by atoms with van der Waals surface area (Å²) in [5.74, 6) is 0.852. The van der Waals surface area contributed by atoms with E-state index in [2.05, 4.69) is 56.1 Å². The molecule has 0 saturated carbocycles. The topological polar surface area (TPSA) is 15.3 Å². The van der Waals surface area contributed by atoms with Crippen LogP contribution in [0, 0.1) is 19.8 Å². The SMILES string of the molecule is CCNC(C)C1CCN(Cc2cc(C)ccc2C)CC1. The molecule has 0 aromatic heterocycles. The van der Waals surface area contributed by atoms with Crippen LogP contribution in [0.4, 0.5) is 0 Å². The van der Waals surface area contributed by atoms with Crippen molar-refractivity contribution in [2.24, 2.45) is 5.92 Å². The Morgan fingerprint density at radius 3 is 2.60 bits per heavy atom. The third kappa shape index (κ3) is 4.07. The molecule has 0 aliphatic carbocycles. The standard InChI is InChI=1S/C18H30N2/c1-5-19-16(4)17-8-10-20(11-9-17)13-18-12-14(2)6-7-15(18)3/h6-7,12,16-17,19H,5,8-11,13H2,1-4H3. The minimum absolute atomic E-state index is 0.669. The average molecular weight is 274 g/mol. The molecule has 1 atom stereocenters. The van der Waals surface area contributed by atoms with E-state index in [1.807, 2.05) is 0 Å². The Hall–Kier alpha value is -0.860. The van der Waals surface area contributed by atoms with E-state index >= 15 is 0 Å². The zero-order valence-corrected chi connectivity index (χ0v) is 13.6. The van der Waals surface area contributed by atoms with Crippen molar-refractivity contribution in [3.8, 4) is 0 Å². The second kappa shape index (κ2) is 7.24. The van der Waals surface area contributed by atoms with Gasteiger partial charge in [-0.15, -0.1) is 0 Å². The molecule has 0 bridgehead atoms. The van der Waals surface area contributed by atoms with Crippen molar-refractivity contribution in [2.75, 3.05) is 19.6 Å². The lowest BCUT2D eigenvalue weighted by molar-refractivity contribution is 0.157. The molecule has 1 aliphatic heterocycles. The second-order valence-corrected chi connectivity index (χ2v) is 6.39. The number of hydrogen-bond donors (Lipinski definition) is 1. The highest BCUT2D eigenvalue weighted by Crippen LogP contribution is 2.23. The maximum absolute atomic E-state index is 3.58. The van der Waals surface area contributed by atoms with Gasteiger partial charge in [0.05, 0.1) is 0 Å². The number of rotatable bonds is 5. The lowest BCUT2D eigenvalue weighted by Crippen LogP contribution is -2.41. The molecule has 1 aromatic rings. The largest absolute Gasteiger partial charge is 0.314 e. The van der Waals surface area contributed by atoms with Gasteiger partial charge in [0.25, 0.3) is 0 Å². The van der Waals surface area contributed by atoms with Gasteiger partial charge in [0, 0.05) is 12.6 Å². The van der Waals surface area contributed by atoms with Gasteiger partial charge in [-0.05, 0) is 70.3 Å². The summed E-state index contributed by atoms with van der Waals surface area (Å²) < 4.78 is 0. The van der Waals surface area contributed by atoms with Gasteiger partial charge in [0.15, 0.2) is 0 Å². The Kier molecular flexibility index (Phi) is 5.62. The summed E-state index contributed by atoms with van der Waals surface area (Å²) in [6.07, 6.45) is 2.66. The van der Waals surface area contributed by atoms with Crippen molar-refractivity contribution in [3.05, 3.63) is 34.9 Å². The summed E-state index contributed by atoms with van der Waals surface area (Å²) in [4.78, 5) is 2.62. The van der Waals surface area contributed by atoms with E-state index in [0.29, 0.717) is 6.04 Å². The molecule has 2 nitrogen and oxygen atoms in total. The van der Waals surface area contributed by atoms with Crippen molar-refractivity contribution < 1.29 is 0 Å². The van der Waals surface area contributed by atoms with E-state index in [1.54, 1.807) is 0 Å². The maximum Gasteiger partial charge on any atom is 0.0236 e. The van der Waals surface area contributed by atoms with Crippen LogP contribution in [0.1, 0.15) is 43.4 Å². The number of hydrogen-bond acceptors (Lipinski definition) is 2. The lowest BCUT2D eigenvalue weighted by atomic mass is 9.90.